The Bertz CT molecular complexity index is 1850. The van der Waals surface area contributed by atoms with E-state index >= 15 is 0 Å². The number of furan rings is 1. The monoisotopic (exact) mass is 720 g/mol. The van der Waals surface area contributed by atoms with E-state index < -0.39 is 22.8 Å². The molecule has 15 heteroatoms. The van der Waals surface area contributed by atoms with Gasteiger partial charge >= 0.3 is 71.1 Å². The maximum absolute atomic E-state index is 11.3. The third-order valence-corrected chi connectivity index (χ3v) is 6.95. The van der Waals surface area contributed by atoms with Gasteiger partial charge in [-0.05, 0) is 98.7 Å². The summed E-state index contributed by atoms with van der Waals surface area (Å²) in [4.78, 5) is 35.2. The molecule has 0 fully saturated rings. The van der Waals surface area contributed by atoms with Crippen molar-refractivity contribution in [3.05, 3.63) is 122 Å². The molecule has 2 aromatic carbocycles. The Balaban J connectivity index is 0.000000906. The minimum absolute atomic E-state index is 0. The van der Waals surface area contributed by atoms with Crippen LogP contribution in [0.25, 0.3) is 17.4 Å². The number of carbonyl (C=O) groups is 2. The quantitative estimate of drug-likeness (QED) is 0.0602. The molecule has 0 saturated carbocycles. The third kappa shape index (κ3) is 13.9. The van der Waals surface area contributed by atoms with Crippen LogP contribution in [0.15, 0.2) is 98.5 Å². The first-order chi connectivity index (χ1) is 22.3. The summed E-state index contributed by atoms with van der Waals surface area (Å²) in [5.41, 5.74) is 7.18. The van der Waals surface area contributed by atoms with Crippen molar-refractivity contribution < 1.29 is 105 Å². The standard InChI is InChI=1S/C21H26O3.C14H10N4O5.ClH.2Na/c1-14(8-7-9-15(2)12-21(22)23)10-11-19-16(3)13-20(24-6)18(5)17(19)4;19-13-8-17(14(20)16-13)15-7-11-5-6-12(23-11)9-1-3-10(4-2-9)18(21)22;;;/h7-13H,1-6H3,(H,22,23);1-7H,8H2,(H,16,19,20);1H;;/q;;;2*+1/p-2/b9-7+,11-10+,14-8+,15-12+;;;;. The van der Waals surface area contributed by atoms with Gasteiger partial charge in [0.15, 0.2) is 0 Å². The molecule has 1 aromatic heterocycles. The number of carbonyl (C=O) groups excluding carboxylic acids is 1. The van der Waals surface area contributed by atoms with Crippen molar-refractivity contribution in [2.45, 2.75) is 34.6 Å². The molecule has 0 atom stereocenters. The Labute approximate surface area is 341 Å². The average molecular weight is 721 g/mol. The van der Waals surface area contributed by atoms with E-state index in [4.69, 9.17) is 14.3 Å². The van der Waals surface area contributed by atoms with Gasteiger partial charge in [0, 0.05) is 23.8 Å². The molecule has 0 unspecified atom stereocenters. The number of hydrogen-bond acceptors (Lipinski definition) is 8. The Morgan fingerprint density at radius 3 is 2.28 bits per heavy atom. The molecule has 0 bridgehead atoms. The van der Waals surface area contributed by atoms with Crippen LogP contribution in [0.4, 0.5) is 10.5 Å². The molecule has 12 nitrogen and oxygen atoms in total. The van der Waals surface area contributed by atoms with Gasteiger partial charge < -0.3 is 31.8 Å². The number of benzene rings is 2. The average Bonchev–Trinajstić information content (AvgIpc) is 3.62. The van der Waals surface area contributed by atoms with Gasteiger partial charge in [0.2, 0.25) is 0 Å². The van der Waals surface area contributed by atoms with E-state index in [1.807, 2.05) is 19.1 Å². The fraction of sp³-hybridized carbons (Fsp3) is 0.200. The van der Waals surface area contributed by atoms with Gasteiger partial charge in [0.1, 0.15) is 17.3 Å². The van der Waals surface area contributed by atoms with Crippen LogP contribution in [0.5, 0.6) is 5.75 Å². The fourth-order valence-electron chi connectivity index (χ4n) is 4.34. The summed E-state index contributed by atoms with van der Waals surface area (Å²) < 4.78 is 10.9. The predicted octanol–water partition coefficient (Wildman–Crippen LogP) is -2.44. The number of methoxy groups -OCH3 is 1. The van der Waals surface area contributed by atoms with Crippen LogP contribution >= 0.6 is 0 Å². The van der Waals surface area contributed by atoms with Gasteiger partial charge in [-0.3, -0.25) is 10.1 Å². The van der Waals surface area contributed by atoms with Crippen molar-refractivity contribution >= 4 is 35.9 Å². The number of nitro benzene ring substituents is 1. The number of halogens is 1. The smallest absolute Gasteiger partial charge is 1.00 e. The first kappa shape index (κ1) is 46.2. The van der Waals surface area contributed by atoms with E-state index in [2.05, 4.69) is 49.1 Å². The summed E-state index contributed by atoms with van der Waals surface area (Å²) in [5, 5.41) is 35.0. The Kier molecular flexibility index (Phi) is 20.5. The SMILES string of the molecule is COc1cc(C)c(/C=C/C(C)=C/C=C/C(C)=C/C(=O)O)c(C)c1C.O=C1N=C([O-])CN1N=Cc1ccc(-c2ccc([N+](=O)[O-])cc2)o1.[Cl-].[Na+].[Na+]. The number of aryl methyl sites for hydroxylation is 1. The molecule has 4 rings (SSSR count). The van der Waals surface area contributed by atoms with E-state index in [-0.39, 0.29) is 83.8 Å². The first-order valence-corrected chi connectivity index (χ1v) is 14.3. The van der Waals surface area contributed by atoms with Gasteiger partial charge in [-0.15, -0.1) is 0 Å². The molecule has 2 heterocycles. The zero-order chi connectivity index (χ0) is 34.7. The number of hydrogen-bond donors (Lipinski definition) is 1. The third-order valence-electron chi connectivity index (χ3n) is 6.95. The molecular formula is C35H35ClN4Na2O8. The molecule has 0 radical (unpaired) electrons. The summed E-state index contributed by atoms with van der Waals surface area (Å²) in [6.45, 7) is 9.82. The second-order valence-corrected chi connectivity index (χ2v) is 10.5. The molecular weight excluding hydrogens is 686 g/mol. The number of nitro groups is 1. The first-order valence-electron chi connectivity index (χ1n) is 14.3. The van der Waals surface area contributed by atoms with E-state index in [9.17, 15) is 24.8 Å². The van der Waals surface area contributed by atoms with Crippen molar-refractivity contribution in [1.82, 2.24) is 5.01 Å². The number of allylic oxidation sites excluding steroid dienone is 6. The second-order valence-electron chi connectivity index (χ2n) is 10.5. The van der Waals surface area contributed by atoms with Crippen LogP contribution in [-0.2, 0) is 4.79 Å². The number of hydrazone groups is 1. The van der Waals surface area contributed by atoms with Crippen molar-refractivity contribution in [1.29, 1.82) is 0 Å². The summed E-state index contributed by atoms with van der Waals surface area (Å²) >= 11 is 0. The molecule has 0 spiro atoms. The Morgan fingerprint density at radius 2 is 1.72 bits per heavy atom. The van der Waals surface area contributed by atoms with Crippen LogP contribution in [0, 0.1) is 30.9 Å². The van der Waals surface area contributed by atoms with Crippen LogP contribution in [0.1, 0.15) is 41.9 Å². The molecule has 2 amide bonds. The van der Waals surface area contributed by atoms with Gasteiger partial charge in [0.25, 0.3) is 5.69 Å². The summed E-state index contributed by atoms with van der Waals surface area (Å²) in [6, 6.07) is 10.5. The van der Waals surface area contributed by atoms with E-state index in [0.717, 1.165) is 21.9 Å². The Morgan fingerprint density at radius 1 is 1.06 bits per heavy atom. The zero-order valence-corrected chi connectivity index (χ0v) is 34.0. The van der Waals surface area contributed by atoms with E-state index in [1.54, 1.807) is 44.4 Å². The van der Waals surface area contributed by atoms with Crippen molar-refractivity contribution in [3.63, 3.8) is 0 Å². The molecule has 252 valence electrons. The predicted molar refractivity (Wildman–Crippen MR) is 178 cm³/mol. The molecule has 3 aromatic rings. The van der Waals surface area contributed by atoms with E-state index in [1.165, 1.54) is 41.1 Å². The molecule has 1 aliphatic rings. The van der Waals surface area contributed by atoms with Gasteiger partial charge in [-0.25, -0.2) is 19.6 Å². The number of ether oxygens (including phenoxy) is 1. The van der Waals surface area contributed by atoms with Crippen LogP contribution in [-0.4, -0.2) is 52.8 Å². The largest absolute Gasteiger partial charge is 1.00 e. The maximum atomic E-state index is 11.3. The van der Waals surface area contributed by atoms with Crippen LogP contribution < -0.4 is 81.4 Å². The number of aliphatic imine (C=N–C) groups is 1. The summed E-state index contributed by atoms with van der Waals surface area (Å²) in [6.07, 6.45) is 12.2. The van der Waals surface area contributed by atoms with Crippen molar-refractivity contribution in [3.8, 4) is 17.1 Å². The summed E-state index contributed by atoms with van der Waals surface area (Å²) in [5.74, 6) is 0.301. The number of carboxylic acids is 1. The molecule has 0 saturated heterocycles. The number of carboxylic acid groups (broad SMARTS) is 1. The van der Waals surface area contributed by atoms with Gasteiger partial charge in [-0.2, -0.15) is 5.10 Å². The minimum atomic E-state index is -0.932. The number of amides is 2. The number of aliphatic carboxylic acids is 1. The van der Waals surface area contributed by atoms with Crippen LogP contribution in [0.2, 0.25) is 0 Å². The second kappa shape index (κ2) is 22.1. The zero-order valence-electron chi connectivity index (χ0n) is 29.3. The number of nitrogens with zero attached hydrogens (tertiary/aromatic N) is 4. The van der Waals surface area contributed by atoms with Crippen molar-refractivity contribution in [2.75, 3.05) is 13.7 Å². The number of non-ortho nitro benzene ring substituents is 1. The van der Waals surface area contributed by atoms with Gasteiger partial charge in [0.05, 0.1) is 24.8 Å². The maximum Gasteiger partial charge on any atom is 1.00 e. The van der Waals surface area contributed by atoms with Gasteiger partial charge in [-0.1, -0.05) is 36.0 Å². The Hall–Kier alpha value is -3.75. The summed E-state index contributed by atoms with van der Waals surface area (Å²) in [7, 11) is 1.69. The van der Waals surface area contributed by atoms with Crippen LogP contribution in [0.3, 0.4) is 0 Å². The molecule has 0 aliphatic carbocycles. The normalized spacial score (nSPS) is 13.0. The van der Waals surface area contributed by atoms with Crippen molar-refractivity contribution in [2.24, 2.45) is 10.1 Å². The number of rotatable bonds is 10. The van der Waals surface area contributed by atoms with E-state index in [0.29, 0.717) is 22.7 Å². The topological polar surface area (TPSA) is 171 Å². The molecule has 50 heavy (non-hydrogen) atoms. The fourth-order valence-corrected chi connectivity index (χ4v) is 4.34. The number of urea groups is 1. The minimum Gasteiger partial charge on any atom is -1.00 e. The molecule has 1 aliphatic heterocycles. The molecule has 1 N–H and O–H groups in total.